The number of pyridine rings is 1. The second-order valence-electron chi connectivity index (χ2n) is 10.4. The third kappa shape index (κ3) is 5.44. The Bertz CT molecular complexity index is 1650. The third-order valence-electron chi connectivity index (χ3n) is 7.46. The number of piperidine rings is 1. The van der Waals surface area contributed by atoms with Gasteiger partial charge in [-0.1, -0.05) is 30.7 Å². The molecular formula is C29H31FN6O3S. The molecule has 2 aromatic carbocycles. The van der Waals surface area contributed by atoms with Gasteiger partial charge in [-0.2, -0.15) is 0 Å². The Hall–Kier alpha value is -3.83. The van der Waals surface area contributed by atoms with Gasteiger partial charge >= 0.3 is 0 Å². The van der Waals surface area contributed by atoms with Crippen LogP contribution in [0.25, 0.3) is 22.0 Å². The summed E-state index contributed by atoms with van der Waals surface area (Å²) < 4.78 is 48.9. The van der Waals surface area contributed by atoms with Crippen LogP contribution >= 0.6 is 0 Å². The van der Waals surface area contributed by atoms with Crippen molar-refractivity contribution in [3.8, 4) is 22.9 Å². The van der Waals surface area contributed by atoms with Crippen LogP contribution in [0, 0.1) is 6.92 Å². The van der Waals surface area contributed by atoms with Gasteiger partial charge in [-0.15, -0.1) is 0 Å². The molecule has 0 radical (unpaired) electrons. The van der Waals surface area contributed by atoms with Crippen LogP contribution < -0.4 is 20.1 Å². The Morgan fingerprint density at radius 3 is 2.62 bits per heavy atom. The summed E-state index contributed by atoms with van der Waals surface area (Å²) in [5, 5.41) is 7.45. The van der Waals surface area contributed by atoms with E-state index in [1.807, 2.05) is 37.3 Å². The zero-order chi connectivity index (χ0) is 27.7. The molecule has 11 heteroatoms. The van der Waals surface area contributed by atoms with E-state index in [9.17, 15) is 12.8 Å². The number of halogens is 1. The monoisotopic (exact) mass is 562 g/mol. The summed E-state index contributed by atoms with van der Waals surface area (Å²) in [6, 6.07) is 14.7. The quantitative estimate of drug-likeness (QED) is 0.268. The molecule has 1 saturated carbocycles. The van der Waals surface area contributed by atoms with E-state index < -0.39 is 16.2 Å². The molecule has 2 unspecified atom stereocenters. The first-order chi connectivity index (χ1) is 19.4. The van der Waals surface area contributed by atoms with E-state index in [0.29, 0.717) is 66.9 Å². The predicted molar refractivity (Wildman–Crippen MR) is 154 cm³/mol. The summed E-state index contributed by atoms with van der Waals surface area (Å²) in [5.41, 5.74) is 2.56. The van der Waals surface area contributed by atoms with E-state index in [2.05, 4.69) is 30.3 Å². The highest BCUT2D eigenvalue weighted by Crippen LogP contribution is 2.40. The number of aromatic nitrogens is 3. The number of aryl methyl sites for hydroxylation is 1. The van der Waals surface area contributed by atoms with Crippen molar-refractivity contribution in [1.29, 1.82) is 0 Å². The van der Waals surface area contributed by atoms with Gasteiger partial charge in [0.05, 0.1) is 22.2 Å². The highest BCUT2D eigenvalue weighted by molar-refractivity contribution is 7.93. The lowest BCUT2D eigenvalue weighted by Crippen LogP contribution is -2.44. The molecule has 1 aliphatic carbocycles. The molecule has 3 N–H and O–H groups in total. The fourth-order valence-electron chi connectivity index (χ4n) is 5.15. The van der Waals surface area contributed by atoms with Gasteiger partial charge in [0.15, 0.2) is 0 Å². The smallest absolute Gasteiger partial charge is 0.235 e. The Morgan fingerprint density at radius 2 is 1.85 bits per heavy atom. The van der Waals surface area contributed by atoms with Crippen molar-refractivity contribution in [2.75, 3.05) is 23.1 Å². The Balaban J connectivity index is 1.32. The second kappa shape index (κ2) is 11.0. The van der Waals surface area contributed by atoms with E-state index in [1.165, 1.54) is 0 Å². The maximum absolute atomic E-state index is 13.8. The van der Waals surface area contributed by atoms with Crippen LogP contribution in [0.15, 0.2) is 60.9 Å². The number of hydrogen-bond acceptors (Lipinski definition) is 8. The van der Waals surface area contributed by atoms with Crippen LogP contribution in [0.4, 0.5) is 16.0 Å². The number of ether oxygens (including phenoxy) is 1. The number of alkyl halides is 1. The van der Waals surface area contributed by atoms with Crippen molar-refractivity contribution in [2.24, 2.45) is 0 Å². The van der Waals surface area contributed by atoms with Gasteiger partial charge in [0.2, 0.25) is 21.9 Å². The molecule has 3 heterocycles. The molecule has 2 atom stereocenters. The number of rotatable bonds is 8. The first-order valence-corrected chi connectivity index (χ1v) is 15.0. The summed E-state index contributed by atoms with van der Waals surface area (Å²) in [4.78, 5) is 13.5. The minimum atomic E-state index is -3.47. The maximum Gasteiger partial charge on any atom is 0.235 e. The normalized spacial score (nSPS) is 19.6. The molecule has 6 rings (SSSR count). The number of sulfonamides is 1. The zero-order valence-electron chi connectivity index (χ0n) is 22.1. The third-order valence-corrected chi connectivity index (χ3v) is 9.31. The van der Waals surface area contributed by atoms with E-state index >= 15 is 0 Å². The summed E-state index contributed by atoms with van der Waals surface area (Å²) in [7, 11) is -3.47. The standard InChI is InChI=1S/C29H31FN6O3S/c1-18-14-26(36-40(37,38)21-6-4-7-21)22-8-2-3-9-23(22)27(18)39-28-24(10-5-12-32-28)25-11-13-33-29(35-25)34-20-15-19(30)16-31-17-20/h2-3,5,8-14,19-21,31,36H,4,6-7,15-17H2,1H3,(H,33,34,35). The molecule has 4 aromatic rings. The van der Waals surface area contributed by atoms with Crippen LogP contribution in [-0.2, 0) is 10.0 Å². The lowest BCUT2D eigenvalue weighted by atomic mass is 10.0. The van der Waals surface area contributed by atoms with Gasteiger partial charge in [-0.3, -0.25) is 4.72 Å². The molecule has 208 valence electrons. The summed E-state index contributed by atoms with van der Waals surface area (Å²) in [5.74, 6) is 1.33. The molecule has 0 amide bonds. The lowest BCUT2D eigenvalue weighted by molar-refractivity contribution is 0.254. The summed E-state index contributed by atoms with van der Waals surface area (Å²) in [6.45, 7) is 2.87. The highest BCUT2D eigenvalue weighted by atomic mass is 32.2. The summed E-state index contributed by atoms with van der Waals surface area (Å²) >= 11 is 0. The molecule has 1 aliphatic heterocycles. The number of fused-ring (bicyclic) bond motifs is 1. The lowest BCUT2D eigenvalue weighted by Gasteiger charge is -2.26. The second-order valence-corrected chi connectivity index (χ2v) is 12.3. The molecule has 2 fully saturated rings. The number of nitrogens with zero attached hydrogens (tertiary/aromatic N) is 3. The Labute approximate surface area is 232 Å². The minimum absolute atomic E-state index is 0.113. The Morgan fingerprint density at radius 1 is 1.02 bits per heavy atom. The Kier molecular flexibility index (Phi) is 7.24. The van der Waals surface area contributed by atoms with Gasteiger partial charge in [-0.25, -0.2) is 27.8 Å². The van der Waals surface area contributed by atoms with Gasteiger partial charge < -0.3 is 15.4 Å². The molecule has 0 spiro atoms. The topological polar surface area (TPSA) is 118 Å². The van der Waals surface area contributed by atoms with Crippen molar-refractivity contribution in [2.45, 2.75) is 50.1 Å². The minimum Gasteiger partial charge on any atom is -0.437 e. The van der Waals surface area contributed by atoms with Crippen LogP contribution in [0.1, 0.15) is 31.2 Å². The fourth-order valence-corrected chi connectivity index (χ4v) is 6.75. The van der Waals surface area contributed by atoms with Crippen LogP contribution in [0.2, 0.25) is 0 Å². The number of hydrogen-bond donors (Lipinski definition) is 3. The average molecular weight is 563 g/mol. The molecule has 9 nitrogen and oxygen atoms in total. The predicted octanol–water partition coefficient (Wildman–Crippen LogP) is 5.20. The number of anilines is 2. The van der Waals surface area contributed by atoms with Crippen molar-refractivity contribution < 1.29 is 17.5 Å². The van der Waals surface area contributed by atoms with Crippen molar-refractivity contribution >= 4 is 32.4 Å². The number of benzene rings is 2. The summed E-state index contributed by atoms with van der Waals surface area (Å²) in [6.07, 6.45) is 5.08. The first kappa shape index (κ1) is 26.4. The zero-order valence-corrected chi connectivity index (χ0v) is 22.9. The largest absolute Gasteiger partial charge is 0.437 e. The van der Waals surface area contributed by atoms with Crippen LogP contribution in [0.3, 0.4) is 0 Å². The van der Waals surface area contributed by atoms with Gasteiger partial charge in [0.1, 0.15) is 11.9 Å². The average Bonchev–Trinajstić information content (AvgIpc) is 2.90. The van der Waals surface area contributed by atoms with E-state index in [-0.39, 0.29) is 11.3 Å². The van der Waals surface area contributed by atoms with E-state index in [0.717, 1.165) is 22.8 Å². The van der Waals surface area contributed by atoms with Gasteiger partial charge in [-0.05, 0) is 49.6 Å². The van der Waals surface area contributed by atoms with Crippen LogP contribution in [0.5, 0.6) is 11.6 Å². The first-order valence-electron chi connectivity index (χ1n) is 13.5. The highest BCUT2D eigenvalue weighted by Gasteiger charge is 2.32. The number of nitrogens with one attached hydrogen (secondary N) is 3. The fraction of sp³-hybridized carbons (Fsp3) is 0.345. The van der Waals surface area contributed by atoms with Gasteiger partial charge in [0, 0.05) is 48.7 Å². The maximum atomic E-state index is 13.8. The molecule has 0 bridgehead atoms. The van der Waals surface area contributed by atoms with E-state index in [4.69, 9.17) is 4.74 Å². The van der Waals surface area contributed by atoms with Crippen molar-refractivity contribution in [3.63, 3.8) is 0 Å². The molecule has 2 aromatic heterocycles. The van der Waals surface area contributed by atoms with Crippen molar-refractivity contribution in [1.82, 2.24) is 20.3 Å². The molecule has 40 heavy (non-hydrogen) atoms. The molecule has 2 aliphatic rings. The van der Waals surface area contributed by atoms with Crippen LogP contribution in [-0.4, -0.2) is 53.9 Å². The van der Waals surface area contributed by atoms with Gasteiger partial charge in [0.25, 0.3) is 0 Å². The molecular weight excluding hydrogens is 531 g/mol. The van der Waals surface area contributed by atoms with Crippen molar-refractivity contribution in [3.05, 3.63) is 66.5 Å². The molecule has 1 saturated heterocycles. The SMILES string of the molecule is Cc1cc(NS(=O)(=O)C2CCC2)c2ccccc2c1Oc1ncccc1-c1ccnc(NC2CNCC(F)C2)n1. The van der Waals surface area contributed by atoms with E-state index in [1.54, 1.807) is 30.6 Å².